The fourth-order valence-corrected chi connectivity index (χ4v) is 3.92. The van der Waals surface area contributed by atoms with E-state index in [0.717, 1.165) is 17.5 Å². The van der Waals surface area contributed by atoms with Crippen molar-refractivity contribution in [3.05, 3.63) is 90.0 Å². The summed E-state index contributed by atoms with van der Waals surface area (Å²) in [7, 11) is 3.15. The van der Waals surface area contributed by atoms with E-state index in [1.165, 1.54) is 0 Å². The Morgan fingerprint density at radius 1 is 0.865 bits per heavy atom. The summed E-state index contributed by atoms with van der Waals surface area (Å²) >= 11 is 0. The lowest BCUT2D eigenvalue weighted by Crippen LogP contribution is -2.53. The number of carbonyl (C=O) groups is 2. The first-order valence-corrected chi connectivity index (χ1v) is 12.5. The van der Waals surface area contributed by atoms with Gasteiger partial charge in [0.25, 0.3) is 5.91 Å². The second kappa shape index (κ2) is 13.9. The van der Waals surface area contributed by atoms with E-state index in [1.807, 2.05) is 80.6 Å². The Labute approximate surface area is 219 Å². The van der Waals surface area contributed by atoms with E-state index in [0.29, 0.717) is 23.7 Å². The molecule has 7 nitrogen and oxygen atoms in total. The van der Waals surface area contributed by atoms with Crippen LogP contribution in [-0.4, -0.2) is 49.6 Å². The maximum absolute atomic E-state index is 13.7. The normalized spacial score (nSPS) is 12.2. The van der Waals surface area contributed by atoms with Gasteiger partial charge < -0.3 is 24.4 Å². The molecule has 3 aromatic carbocycles. The summed E-state index contributed by atoms with van der Waals surface area (Å²) in [5, 5.41) is 3.07. The summed E-state index contributed by atoms with van der Waals surface area (Å²) in [4.78, 5) is 28.9. The van der Waals surface area contributed by atoms with Crippen molar-refractivity contribution in [1.29, 1.82) is 0 Å². The van der Waals surface area contributed by atoms with Crippen LogP contribution in [0, 0.1) is 0 Å². The zero-order valence-corrected chi connectivity index (χ0v) is 22.0. The predicted octanol–water partition coefficient (Wildman–Crippen LogP) is 4.64. The van der Waals surface area contributed by atoms with E-state index in [2.05, 4.69) is 5.32 Å². The molecule has 0 unspecified atom stereocenters. The Balaban J connectivity index is 1.94. The first-order chi connectivity index (χ1) is 17.9. The fraction of sp³-hybridized carbons (Fsp3) is 0.333. The smallest absolute Gasteiger partial charge is 0.261 e. The minimum absolute atomic E-state index is 0.0237. The number of amides is 2. The Hall–Kier alpha value is -4.00. The molecule has 0 aliphatic heterocycles. The van der Waals surface area contributed by atoms with Crippen LogP contribution in [0.1, 0.15) is 31.4 Å². The van der Waals surface area contributed by atoms with Crippen LogP contribution in [0.4, 0.5) is 0 Å². The SMILES string of the molecule is CC[C@@H](C)NC(=O)[C@@H](Cc1ccccc1)N(Cc1cccc(OC)c1)C(=O)COc1ccccc1OC. The highest BCUT2D eigenvalue weighted by molar-refractivity contribution is 5.88. The van der Waals surface area contributed by atoms with Crippen LogP contribution in [0.25, 0.3) is 0 Å². The number of para-hydroxylation sites is 2. The third-order valence-corrected chi connectivity index (χ3v) is 6.18. The molecule has 196 valence electrons. The van der Waals surface area contributed by atoms with Crippen LogP contribution in [0.2, 0.25) is 0 Å². The Bertz CT molecular complexity index is 1150. The number of nitrogens with zero attached hydrogens (tertiary/aromatic N) is 1. The molecule has 0 radical (unpaired) electrons. The summed E-state index contributed by atoms with van der Waals surface area (Å²) in [5.41, 5.74) is 1.81. The number of hydrogen-bond acceptors (Lipinski definition) is 5. The quantitative estimate of drug-likeness (QED) is 0.367. The maximum Gasteiger partial charge on any atom is 0.261 e. The Morgan fingerprint density at radius 3 is 2.22 bits per heavy atom. The molecule has 1 N–H and O–H groups in total. The zero-order chi connectivity index (χ0) is 26.6. The van der Waals surface area contributed by atoms with Gasteiger partial charge in [-0.1, -0.05) is 61.5 Å². The van der Waals surface area contributed by atoms with Gasteiger partial charge in [-0.15, -0.1) is 0 Å². The van der Waals surface area contributed by atoms with Gasteiger partial charge in [0.1, 0.15) is 11.8 Å². The molecule has 7 heteroatoms. The molecular formula is C30H36N2O5. The third kappa shape index (κ3) is 8.00. The lowest BCUT2D eigenvalue weighted by Gasteiger charge is -2.32. The Morgan fingerprint density at radius 2 is 1.54 bits per heavy atom. The molecule has 0 saturated carbocycles. The van der Waals surface area contributed by atoms with Crippen molar-refractivity contribution in [3.63, 3.8) is 0 Å². The fourth-order valence-electron chi connectivity index (χ4n) is 3.92. The molecule has 37 heavy (non-hydrogen) atoms. The number of ether oxygens (including phenoxy) is 3. The zero-order valence-electron chi connectivity index (χ0n) is 22.0. The van der Waals surface area contributed by atoms with E-state index in [1.54, 1.807) is 31.3 Å². The number of benzene rings is 3. The van der Waals surface area contributed by atoms with Gasteiger partial charge in [0.05, 0.1) is 14.2 Å². The van der Waals surface area contributed by atoms with Gasteiger partial charge >= 0.3 is 0 Å². The first kappa shape index (κ1) is 27.6. The highest BCUT2D eigenvalue weighted by Crippen LogP contribution is 2.26. The van der Waals surface area contributed by atoms with Gasteiger partial charge in [-0.3, -0.25) is 9.59 Å². The van der Waals surface area contributed by atoms with Crippen molar-refractivity contribution < 1.29 is 23.8 Å². The highest BCUT2D eigenvalue weighted by Gasteiger charge is 2.31. The summed E-state index contributed by atoms with van der Waals surface area (Å²) in [6.07, 6.45) is 1.15. The molecule has 0 aromatic heterocycles. The average molecular weight is 505 g/mol. The van der Waals surface area contributed by atoms with E-state index in [-0.39, 0.29) is 31.0 Å². The summed E-state index contributed by atoms with van der Waals surface area (Å²) < 4.78 is 16.6. The highest BCUT2D eigenvalue weighted by atomic mass is 16.5. The predicted molar refractivity (Wildman–Crippen MR) is 144 cm³/mol. The molecule has 0 aliphatic carbocycles. The van der Waals surface area contributed by atoms with Gasteiger partial charge in [0, 0.05) is 19.0 Å². The molecular weight excluding hydrogens is 468 g/mol. The second-order valence-corrected chi connectivity index (χ2v) is 8.84. The number of hydrogen-bond donors (Lipinski definition) is 1. The van der Waals surface area contributed by atoms with Gasteiger partial charge in [-0.05, 0) is 48.7 Å². The third-order valence-electron chi connectivity index (χ3n) is 6.18. The molecule has 0 saturated heterocycles. The number of nitrogens with one attached hydrogen (secondary N) is 1. The first-order valence-electron chi connectivity index (χ1n) is 12.5. The van der Waals surface area contributed by atoms with Crippen molar-refractivity contribution in [2.75, 3.05) is 20.8 Å². The molecule has 0 spiro atoms. The molecule has 2 amide bonds. The average Bonchev–Trinajstić information content (AvgIpc) is 2.94. The van der Waals surface area contributed by atoms with E-state index < -0.39 is 6.04 Å². The maximum atomic E-state index is 13.7. The topological polar surface area (TPSA) is 77.1 Å². The molecule has 2 atom stereocenters. The van der Waals surface area contributed by atoms with E-state index in [4.69, 9.17) is 14.2 Å². The van der Waals surface area contributed by atoms with Gasteiger partial charge in [-0.2, -0.15) is 0 Å². The monoisotopic (exact) mass is 504 g/mol. The van der Waals surface area contributed by atoms with Crippen molar-refractivity contribution in [1.82, 2.24) is 10.2 Å². The van der Waals surface area contributed by atoms with Crippen molar-refractivity contribution in [3.8, 4) is 17.2 Å². The van der Waals surface area contributed by atoms with Crippen LogP contribution in [0.15, 0.2) is 78.9 Å². The molecule has 3 aromatic rings. The largest absolute Gasteiger partial charge is 0.497 e. The Kier molecular flexibility index (Phi) is 10.4. The summed E-state index contributed by atoms with van der Waals surface area (Å²) in [6.45, 7) is 3.94. The van der Waals surface area contributed by atoms with Crippen LogP contribution >= 0.6 is 0 Å². The molecule has 0 bridgehead atoms. The standard InChI is InChI=1S/C30H36N2O5/c1-5-22(2)31-30(34)26(19-23-12-7-6-8-13-23)32(20-24-14-11-15-25(18-24)35-3)29(33)21-37-28-17-10-9-16-27(28)36-4/h6-18,22,26H,5,19-21H2,1-4H3,(H,31,34)/t22-,26-/m1/s1. The van der Waals surface area contributed by atoms with Crippen LogP contribution in [0.3, 0.4) is 0 Å². The van der Waals surface area contributed by atoms with Crippen molar-refractivity contribution >= 4 is 11.8 Å². The van der Waals surface area contributed by atoms with Crippen LogP contribution in [0.5, 0.6) is 17.2 Å². The second-order valence-electron chi connectivity index (χ2n) is 8.84. The van der Waals surface area contributed by atoms with Gasteiger partial charge in [-0.25, -0.2) is 0 Å². The lowest BCUT2D eigenvalue weighted by molar-refractivity contribution is -0.143. The minimum Gasteiger partial charge on any atom is -0.497 e. The van der Waals surface area contributed by atoms with E-state index in [9.17, 15) is 9.59 Å². The van der Waals surface area contributed by atoms with Gasteiger partial charge in [0.2, 0.25) is 5.91 Å². The van der Waals surface area contributed by atoms with Crippen molar-refractivity contribution in [2.45, 2.75) is 45.3 Å². The molecule has 0 fully saturated rings. The summed E-state index contributed by atoms with van der Waals surface area (Å²) in [6, 6.07) is 23.6. The number of methoxy groups -OCH3 is 2. The lowest BCUT2D eigenvalue weighted by atomic mass is 10.0. The molecule has 0 heterocycles. The van der Waals surface area contributed by atoms with Crippen molar-refractivity contribution in [2.24, 2.45) is 0 Å². The number of carbonyl (C=O) groups excluding carboxylic acids is 2. The van der Waals surface area contributed by atoms with Gasteiger partial charge in [0.15, 0.2) is 18.1 Å². The van der Waals surface area contributed by atoms with Crippen LogP contribution in [-0.2, 0) is 22.6 Å². The minimum atomic E-state index is -0.739. The van der Waals surface area contributed by atoms with E-state index >= 15 is 0 Å². The molecule has 3 rings (SSSR count). The molecule has 0 aliphatic rings. The summed E-state index contributed by atoms with van der Waals surface area (Å²) in [5.74, 6) is 1.16. The number of rotatable bonds is 13. The van der Waals surface area contributed by atoms with Crippen LogP contribution < -0.4 is 19.5 Å².